The lowest BCUT2D eigenvalue weighted by Crippen LogP contribution is -2.43. The van der Waals surface area contributed by atoms with Gasteiger partial charge in [0.1, 0.15) is 5.70 Å². The second kappa shape index (κ2) is 9.67. The summed E-state index contributed by atoms with van der Waals surface area (Å²) in [6.45, 7) is 2.12. The van der Waals surface area contributed by atoms with Crippen molar-refractivity contribution in [3.05, 3.63) is 47.2 Å². The molecular formula is C25H34N2O3. The summed E-state index contributed by atoms with van der Waals surface area (Å²) in [5.41, 5.74) is 1.98. The van der Waals surface area contributed by atoms with Crippen molar-refractivity contribution >= 4 is 11.9 Å². The van der Waals surface area contributed by atoms with E-state index in [0.29, 0.717) is 17.9 Å². The number of nitrogens with one attached hydrogen (secondary N) is 1. The molecule has 1 aliphatic heterocycles. The molecule has 1 aromatic carbocycles. The Morgan fingerprint density at radius 3 is 2.27 bits per heavy atom. The lowest BCUT2D eigenvalue weighted by atomic mass is 9.91. The Morgan fingerprint density at radius 1 is 1.00 bits per heavy atom. The second-order valence-corrected chi connectivity index (χ2v) is 8.81. The summed E-state index contributed by atoms with van der Waals surface area (Å²) >= 11 is 0. The molecule has 2 fully saturated rings. The highest BCUT2D eigenvalue weighted by Gasteiger charge is 2.47. The summed E-state index contributed by atoms with van der Waals surface area (Å²) < 4.78 is 5.47. The van der Waals surface area contributed by atoms with Crippen molar-refractivity contribution in [1.82, 2.24) is 10.2 Å². The Morgan fingerprint density at radius 2 is 1.63 bits per heavy atom. The third-order valence-corrected chi connectivity index (χ3v) is 6.80. The Labute approximate surface area is 179 Å². The highest BCUT2D eigenvalue weighted by Crippen LogP contribution is 2.42. The fraction of sp³-hybridized carbons (Fsp3) is 0.600. The van der Waals surface area contributed by atoms with Gasteiger partial charge in [-0.3, -0.25) is 4.79 Å². The van der Waals surface area contributed by atoms with Crippen LogP contribution >= 0.6 is 0 Å². The van der Waals surface area contributed by atoms with E-state index in [1.807, 2.05) is 42.2 Å². The van der Waals surface area contributed by atoms with Crippen molar-refractivity contribution in [3.8, 4) is 0 Å². The van der Waals surface area contributed by atoms with Gasteiger partial charge < -0.3 is 15.0 Å². The molecule has 1 aromatic rings. The van der Waals surface area contributed by atoms with Crippen LogP contribution in [0.5, 0.6) is 0 Å². The van der Waals surface area contributed by atoms with Gasteiger partial charge in [-0.05, 0) is 38.2 Å². The van der Waals surface area contributed by atoms with Crippen LogP contribution in [0.4, 0.5) is 0 Å². The molecule has 1 atom stereocenters. The number of ether oxygens (including phenoxy) is 1. The topological polar surface area (TPSA) is 58.6 Å². The molecule has 4 rings (SSSR count). The molecule has 0 bridgehead atoms. The van der Waals surface area contributed by atoms with E-state index >= 15 is 0 Å². The van der Waals surface area contributed by atoms with Crippen molar-refractivity contribution in [1.29, 1.82) is 0 Å². The van der Waals surface area contributed by atoms with Gasteiger partial charge in [-0.25, -0.2) is 4.79 Å². The first-order valence-electron chi connectivity index (χ1n) is 11.8. The van der Waals surface area contributed by atoms with E-state index in [0.717, 1.165) is 44.1 Å². The number of hydrogen-bond donors (Lipinski definition) is 1. The van der Waals surface area contributed by atoms with Crippen LogP contribution in [0, 0.1) is 0 Å². The van der Waals surface area contributed by atoms with Crippen molar-refractivity contribution in [2.45, 2.75) is 89.3 Å². The molecule has 0 saturated heterocycles. The highest BCUT2D eigenvalue weighted by atomic mass is 16.5. The van der Waals surface area contributed by atoms with Crippen LogP contribution in [-0.4, -0.2) is 35.5 Å². The van der Waals surface area contributed by atoms with Crippen LogP contribution in [0.2, 0.25) is 0 Å². The first kappa shape index (κ1) is 21.0. The number of nitrogens with zero attached hydrogens (tertiary/aromatic N) is 1. The summed E-state index contributed by atoms with van der Waals surface area (Å²) in [4.78, 5) is 28.9. The molecule has 1 N–H and O–H groups in total. The number of rotatable bonds is 6. The minimum atomic E-state index is -0.369. The third kappa shape index (κ3) is 4.26. The standard InChI is InChI=1S/C25H34N2O3/c1-2-30-25(29)21-22(26-19-14-8-4-9-15-19)24(28)27(20-16-10-5-11-17-20)23(21)18-12-6-3-7-13-18/h3,6-7,12-13,19-20,23,26H,2,4-5,8-11,14-17H2,1H3. The molecule has 2 aliphatic carbocycles. The maximum atomic E-state index is 13.8. The zero-order valence-electron chi connectivity index (χ0n) is 18.1. The number of carbonyl (C=O) groups is 2. The van der Waals surface area contributed by atoms with Crippen molar-refractivity contribution in [3.63, 3.8) is 0 Å². The predicted octanol–water partition coefficient (Wildman–Crippen LogP) is 4.64. The smallest absolute Gasteiger partial charge is 0.338 e. The first-order chi connectivity index (χ1) is 14.7. The van der Waals surface area contributed by atoms with Crippen molar-refractivity contribution in [2.24, 2.45) is 0 Å². The normalized spacial score (nSPS) is 23.7. The van der Waals surface area contributed by atoms with Gasteiger partial charge in [-0.15, -0.1) is 0 Å². The zero-order chi connectivity index (χ0) is 20.9. The minimum absolute atomic E-state index is 0.0237. The Balaban J connectivity index is 1.75. The van der Waals surface area contributed by atoms with Gasteiger partial charge in [0.2, 0.25) is 0 Å². The average molecular weight is 411 g/mol. The summed E-state index contributed by atoms with van der Waals surface area (Å²) in [5, 5.41) is 3.51. The first-order valence-corrected chi connectivity index (χ1v) is 11.8. The Kier molecular flexibility index (Phi) is 6.76. The van der Waals surface area contributed by atoms with Crippen LogP contribution in [0.1, 0.15) is 82.7 Å². The lowest BCUT2D eigenvalue weighted by molar-refractivity contribution is -0.139. The maximum Gasteiger partial charge on any atom is 0.338 e. The lowest BCUT2D eigenvalue weighted by Gasteiger charge is -2.36. The number of hydrogen-bond acceptors (Lipinski definition) is 4. The fourth-order valence-electron chi connectivity index (χ4n) is 5.35. The van der Waals surface area contributed by atoms with Gasteiger partial charge >= 0.3 is 5.97 Å². The van der Waals surface area contributed by atoms with Gasteiger partial charge in [0, 0.05) is 12.1 Å². The number of esters is 1. The average Bonchev–Trinajstić information content (AvgIpc) is 3.08. The molecule has 0 spiro atoms. The van der Waals surface area contributed by atoms with Gasteiger partial charge in [0.15, 0.2) is 0 Å². The molecule has 5 heteroatoms. The van der Waals surface area contributed by atoms with E-state index in [4.69, 9.17) is 4.74 Å². The third-order valence-electron chi connectivity index (χ3n) is 6.80. The van der Waals surface area contributed by atoms with Crippen molar-refractivity contribution in [2.75, 3.05) is 6.61 Å². The van der Waals surface area contributed by atoms with E-state index in [9.17, 15) is 9.59 Å². The molecule has 3 aliphatic rings. The monoisotopic (exact) mass is 410 g/mol. The Hall–Kier alpha value is -2.30. The van der Waals surface area contributed by atoms with Crippen LogP contribution in [0.25, 0.3) is 0 Å². The van der Waals surface area contributed by atoms with E-state index in [2.05, 4.69) is 5.32 Å². The van der Waals surface area contributed by atoms with E-state index < -0.39 is 0 Å². The molecular weight excluding hydrogens is 376 g/mol. The van der Waals surface area contributed by atoms with Gasteiger partial charge in [0.05, 0.1) is 18.2 Å². The predicted molar refractivity (Wildman–Crippen MR) is 117 cm³/mol. The molecule has 0 aromatic heterocycles. The van der Waals surface area contributed by atoms with E-state index in [1.54, 1.807) is 0 Å². The van der Waals surface area contributed by atoms with Crippen molar-refractivity contribution < 1.29 is 14.3 Å². The number of amides is 1. The van der Waals surface area contributed by atoms with Crippen LogP contribution in [0.15, 0.2) is 41.6 Å². The van der Waals surface area contributed by atoms with Gasteiger partial charge in [-0.2, -0.15) is 0 Å². The molecule has 5 nitrogen and oxygen atoms in total. The molecule has 1 amide bonds. The van der Waals surface area contributed by atoms with Gasteiger partial charge in [0.25, 0.3) is 5.91 Å². The number of benzene rings is 1. The highest BCUT2D eigenvalue weighted by molar-refractivity contribution is 6.07. The van der Waals surface area contributed by atoms with Crippen LogP contribution < -0.4 is 5.32 Å². The second-order valence-electron chi connectivity index (χ2n) is 8.81. The van der Waals surface area contributed by atoms with Gasteiger partial charge in [-0.1, -0.05) is 68.9 Å². The van der Waals surface area contributed by atoms with Crippen LogP contribution in [-0.2, 0) is 14.3 Å². The molecule has 30 heavy (non-hydrogen) atoms. The summed E-state index contributed by atoms with van der Waals surface area (Å²) in [6.07, 6.45) is 11.2. The summed E-state index contributed by atoms with van der Waals surface area (Å²) in [5.74, 6) is -0.388. The molecule has 2 saturated carbocycles. The van der Waals surface area contributed by atoms with E-state index in [-0.39, 0.29) is 30.0 Å². The van der Waals surface area contributed by atoms with Crippen LogP contribution in [0.3, 0.4) is 0 Å². The summed E-state index contributed by atoms with van der Waals surface area (Å²) in [6, 6.07) is 10.0. The molecule has 1 unspecified atom stereocenters. The zero-order valence-corrected chi connectivity index (χ0v) is 18.1. The molecule has 162 valence electrons. The fourth-order valence-corrected chi connectivity index (χ4v) is 5.35. The minimum Gasteiger partial charge on any atom is -0.463 e. The molecule has 0 radical (unpaired) electrons. The summed E-state index contributed by atoms with van der Waals surface area (Å²) in [7, 11) is 0. The quantitative estimate of drug-likeness (QED) is 0.694. The maximum absolute atomic E-state index is 13.8. The SMILES string of the molecule is CCOC(=O)C1=C(NC2CCCCC2)C(=O)N(C2CCCCC2)C1c1ccccc1. The van der Waals surface area contributed by atoms with E-state index in [1.165, 1.54) is 25.7 Å². The Bertz CT molecular complexity index is 777. The number of carbonyl (C=O) groups excluding carboxylic acids is 2. The molecule has 1 heterocycles. The largest absolute Gasteiger partial charge is 0.463 e.